The van der Waals surface area contributed by atoms with Crippen LogP contribution < -0.4 is 0 Å². The fourth-order valence-electron chi connectivity index (χ4n) is 1.63. The zero-order chi connectivity index (χ0) is 17.8. The molecule has 0 unspecified atom stereocenters. The molecule has 0 radical (unpaired) electrons. The summed E-state index contributed by atoms with van der Waals surface area (Å²) in [7, 11) is 0. The molecule has 0 aliphatic heterocycles. The average molecular weight is 342 g/mol. The van der Waals surface area contributed by atoms with Crippen LogP contribution in [0, 0.1) is 0 Å². The number of hydrogen-bond acceptors (Lipinski definition) is 5. The highest BCUT2D eigenvalue weighted by molar-refractivity contribution is 6.29. The van der Waals surface area contributed by atoms with Gasteiger partial charge in [0.25, 0.3) is 0 Å². The number of ether oxygens (including phenoxy) is 1. The topological polar surface area (TPSA) is 76.7 Å². The molecular weight excluding hydrogens is 318 g/mol. The Morgan fingerprint density at radius 3 is 2.39 bits per heavy atom. The third-order valence-corrected chi connectivity index (χ3v) is 2.98. The molecule has 6 nitrogen and oxygen atoms in total. The molecule has 0 saturated carbocycles. The number of aliphatic hydroxyl groups is 1. The van der Waals surface area contributed by atoms with Gasteiger partial charge in [-0.1, -0.05) is 11.6 Å². The molecule has 7 heteroatoms. The minimum atomic E-state index is -0.829. The van der Waals surface area contributed by atoms with E-state index in [1.807, 2.05) is 13.8 Å². The number of imidazole rings is 1. The van der Waals surface area contributed by atoms with Crippen molar-refractivity contribution in [3.8, 4) is 0 Å². The monoisotopic (exact) mass is 341 g/mol. The van der Waals surface area contributed by atoms with Crippen molar-refractivity contribution in [2.75, 3.05) is 0 Å². The average Bonchev–Trinajstić information content (AvgIpc) is 2.80. The Hall–Kier alpha value is -1.66. The second-order valence-corrected chi connectivity index (χ2v) is 6.65. The molecule has 2 aromatic rings. The van der Waals surface area contributed by atoms with Gasteiger partial charge in [-0.25, -0.2) is 9.50 Å². The van der Waals surface area contributed by atoms with Crippen LogP contribution in [0.4, 0.5) is 0 Å². The van der Waals surface area contributed by atoms with Crippen molar-refractivity contribution < 1.29 is 14.6 Å². The Bertz CT molecular complexity index is 663. The predicted octanol–water partition coefficient (Wildman–Crippen LogP) is 3.00. The molecule has 0 fully saturated rings. The molecule has 0 aliphatic carbocycles. The Kier molecular flexibility index (Phi) is 6.53. The first-order chi connectivity index (χ1) is 10.5. The minimum Gasteiger partial charge on any atom is -0.462 e. The molecule has 23 heavy (non-hydrogen) atoms. The van der Waals surface area contributed by atoms with Crippen LogP contribution in [0.2, 0.25) is 5.15 Å². The van der Waals surface area contributed by atoms with E-state index in [1.165, 1.54) is 0 Å². The Balaban J connectivity index is 0.000000593. The first-order valence-electron chi connectivity index (χ1n) is 7.45. The predicted molar refractivity (Wildman–Crippen MR) is 89.6 cm³/mol. The van der Waals surface area contributed by atoms with Gasteiger partial charge in [-0.2, -0.15) is 5.10 Å². The van der Waals surface area contributed by atoms with Crippen LogP contribution in [0.25, 0.3) is 5.65 Å². The van der Waals surface area contributed by atoms with Gasteiger partial charge in [0.15, 0.2) is 5.65 Å². The lowest BCUT2D eigenvalue weighted by molar-refractivity contribution is -0.153. The summed E-state index contributed by atoms with van der Waals surface area (Å²) in [6, 6.07) is 3.41. The number of carbonyl (C=O) groups is 1. The molecule has 2 heterocycles. The molecular formula is C16H24ClN3O3. The molecule has 0 bridgehead atoms. The highest BCUT2D eigenvalue weighted by Gasteiger charge is 2.34. The van der Waals surface area contributed by atoms with Crippen LogP contribution in [-0.2, 0) is 14.9 Å². The molecule has 1 N–H and O–H groups in total. The second-order valence-electron chi connectivity index (χ2n) is 6.26. The first kappa shape index (κ1) is 19.4. The fourth-order valence-corrected chi connectivity index (χ4v) is 1.77. The number of hydrogen-bond donors (Lipinski definition) is 1. The molecule has 128 valence electrons. The quantitative estimate of drug-likeness (QED) is 0.868. The Morgan fingerprint density at radius 1 is 1.30 bits per heavy atom. The molecule has 0 saturated heterocycles. The van der Waals surface area contributed by atoms with E-state index < -0.39 is 5.41 Å². The molecule has 0 aromatic carbocycles. The van der Waals surface area contributed by atoms with Gasteiger partial charge in [0.2, 0.25) is 0 Å². The molecule has 0 amide bonds. The maximum Gasteiger partial charge on any atom is 0.317 e. The van der Waals surface area contributed by atoms with Gasteiger partial charge in [0, 0.05) is 6.10 Å². The first-order valence-corrected chi connectivity index (χ1v) is 7.83. The van der Waals surface area contributed by atoms with Crippen molar-refractivity contribution in [3.05, 3.63) is 29.2 Å². The van der Waals surface area contributed by atoms with Crippen LogP contribution in [0.5, 0.6) is 0 Å². The maximum atomic E-state index is 12.1. The number of aliphatic hydroxyl groups excluding tert-OH is 1. The fraction of sp³-hybridized carbons (Fsp3) is 0.562. The number of nitrogens with zero attached hydrogens (tertiary/aromatic N) is 3. The maximum absolute atomic E-state index is 12.1. The standard InChI is InChI=1S/C13H16ClN3O2.C3H8O/c1-8(2)19-12(18)13(3,4)9-7-17-11(15-9)6-5-10(14)16-17;1-3(2)4/h5-8H,1-4H3;3-4H,1-2H3. The van der Waals surface area contributed by atoms with Crippen molar-refractivity contribution in [3.63, 3.8) is 0 Å². The summed E-state index contributed by atoms with van der Waals surface area (Å²) in [6.45, 7) is 10.6. The summed E-state index contributed by atoms with van der Waals surface area (Å²) in [4.78, 5) is 16.5. The summed E-state index contributed by atoms with van der Waals surface area (Å²) in [5.41, 5.74) is 0.419. The van der Waals surface area contributed by atoms with Gasteiger partial charge >= 0.3 is 5.97 Å². The van der Waals surface area contributed by atoms with Gasteiger partial charge in [-0.15, -0.1) is 0 Å². The summed E-state index contributed by atoms with van der Waals surface area (Å²) in [5, 5.41) is 12.5. The van der Waals surface area contributed by atoms with E-state index >= 15 is 0 Å². The number of aromatic nitrogens is 3. The molecule has 0 spiro atoms. The number of rotatable bonds is 3. The normalized spacial score (nSPS) is 11.6. The van der Waals surface area contributed by atoms with Gasteiger partial charge in [0.1, 0.15) is 10.6 Å². The third-order valence-electron chi connectivity index (χ3n) is 2.78. The van der Waals surface area contributed by atoms with Crippen LogP contribution >= 0.6 is 11.6 Å². The largest absolute Gasteiger partial charge is 0.462 e. The van der Waals surface area contributed by atoms with E-state index in [2.05, 4.69) is 10.1 Å². The van der Waals surface area contributed by atoms with Crippen molar-refractivity contribution in [2.45, 2.75) is 59.2 Å². The second kappa shape index (κ2) is 7.75. The number of esters is 1. The van der Waals surface area contributed by atoms with Crippen molar-refractivity contribution >= 4 is 23.2 Å². The third kappa shape index (κ3) is 5.48. The van der Waals surface area contributed by atoms with Crippen molar-refractivity contribution in [2.24, 2.45) is 0 Å². The van der Waals surface area contributed by atoms with Gasteiger partial charge in [-0.3, -0.25) is 4.79 Å². The minimum absolute atomic E-state index is 0.156. The summed E-state index contributed by atoms with van der Waals surface area (Å²) in [5.74, 6) is -0.308. The lowest BCUT2D eigenvalue weighted by Gasteiger charge is -2.21. The molecule has 0 atom stereocenters. The SMILES string of the molecule is CC(C)O.CC(C)OC(=O)C(C)(C)c1cn2nc(Cl)ccc2n1. The number of carbonyl (C=O) groups excluding carboxylic acids is 1. The number of halogens is 1. The Labute approximate surface area is 141 Å². The van der Waals surface area contributed by atoms with E-state index in [-0.39, 0.29) is 18.2 Å². The van der Waals surface area contributed by atoms with Crippen molar-refractivity contribution in [1.29, 1.82) is 0 Å². The lowest BCUT2D eigenvalue weighted by Crippen LogP contribution is -2.33. The molecule has 2 rings (SSSR count). The van der Waals surface area contributed by atoms with Crippen LogP contribution in [-0.4, -0.2) is 37.9 Å². The van der Waals surface area contributed by atoms with E-state index in [4.69, 9.17) is 21.4 Å². The molecule has 0 aliphatic rings. The van der Waals surface area contributed by atoms with E-state index in [9.17, 15) is 4.79 Å². The number of fused-ring (bicyclic) bond motifs is 1. The van der Waals surface area contributed by atoms with Crippen LogP contribution in [0.15, 0.2) is 18.3 Å². The highest BCUT2D eigenvalue weighted by atomic mass is 35.5. The highest BCUT2D eigenvalue weighted by Crippen LogP contribution is 2.25. The van der Waals surface area contributed by atoms with Gasteiger partial charge < -0.3 is 9.84 Å². The van der Waals surface area contributed by atoms with Crippen LogP contribution in [0.3, 0.4) is 0 Å². The van der Waals surface area contributed by atoms with E-state index in [0.717, 1.165) is 0 Å². The Morgan fingerprint density at radius 2 is 1.87 bits per heavy atom. The zero-order valence-corrected chi connectivity index (χ0v) is 15.1. The molecule has 2 aromatic heterocycles. The van der Waals surface area contributed by atoms with Gasteiger partial charge in [0.05, 0.1) is 18.0 Å². The van der Waals surface area contributed by atoms with Crippen LogP contribution in [0.1, 0.15) is 47.2 Å². The summed E-state index contributed by atoms with van der Waals surface area (Å²) in [6.07, 6.45) is 1.37. The summed E-state index contributed by atoms with van der Waals surface area (Å²) < 4.78 is 6.81. The van der Waals surface area contributed by atoms with E-state index in [1.54, 1.807) is 50.5 Å². The summed E-state index contributed by atoms with van der Waals surface area (Å²) >= 11 is 5.82. The zero-order valence-electron chi connectivity index (χ0n) is 14.4. The van der Waals surface area contributed by atoms with Crippen molar-refractivity contribution in [1.82, 2.24) is 14.6 Å². The smallest absolute Gasteiger partial charge is 0.317 e. The van der Waals surface area contributed by atoms with E-state index in [0.29, 0.717) is 16.5 Å². The van der Waals surface area contributed by atoms with Gasteiger partial charge in [-0.05, 0) is 53.7 Å². The lowest BCUT2D eigenvalue weighted by atomic mass is 9.90.